The third kappa shape index (κ3) is 6.61. The number of amides is 2. The van der Waals surface area contributed by atoms with E-state index in [4.69, 9.17) is 32.7 Å². The Morgan fingerprint density at radius 3 is 2.46 bits per heavy atom. The van der Waals surface area contributed by atoms with Crippen LogP contribution in [0.1, 0.15) is 35.2 Å². The summed E-state index contributed by atoms with van der Waals surface area (Å²) in [5.41, 5.74) is 4.09. The highest BCUT2D eigenvalue weighted by Crippen LogP contribution is 2.37. The number of fused-ring (bicyclic) bond motifs is 1. The Bertz CT molecular complexity index is 1500. The predicted octanol–water partition coefficient (Wildman–Crippen LogP) is 5.86. The third-order valence-corrected chi connectivity index (χ3v) is 9.29. The first-order valence-electron chi connectivity index (χ1n) is 12.3. The topological polar surface area (TPSA) is 97.0 Å². The number of hydrogen-bond donors (Lipinski definition) is 2. The quantitative estimate of drug-likeness (QED) is 0.341. The first-order chi connectivity index (χ1) is 18.5. The summed E-state index contributed by atoms with van der Waals surface area (Å²) >= 11 is 12.6. The fourth-order valence-corrected chi connectivity index (χ4v) is 6.50. The van der Waals surface area contributed by atoms with Crippen molar-refractivity contribution in [2.75, 3.05) is 33.1 Å². The van der Waals surface area contributed by atoms with Gasteiger partial charge in [0.1, 0.15) is 16.5 Å². The summed E-state index contributed by atoms with van der Waals surface area (Å²) in [5, 5.41) is 6.04. The van der Waals surface area contributed by atoms with Gasteiger partial charge in [0, 0.05) is 19.2 Å². The summed E-state index contributed by atoms with van der Waals surface area (Å²) in [6, 6.07) is 12.6. The number of benzene rings is 3. The molecule has 0 fully saturated rings. The number of rotatable bonds is 8. The first-order valence-corrected chi connectivity index (χ1v) is 14.7. The van der Waals surface area contributed by atoms with Crippen molar-refractivity contribution in [3.05, 3.63) is 80.8 Å². The van der Waals surface area contributed by atoms with Crippen LogP contribution in [-0.4, -0.2) is 47.2 Å². The lowest BCUT2D eigenvalue weighted by atomic mass is 9.98. The van der Waals surface area contributed by atoms with Crippen molar-refractivity contribution in [2.45, 2.75) is 36.6 Å². The molecule has 3 aromatic rings. The van der Waals surface area contributed by atoms with Crippen molar-refractivity contribution in [2.24, 2.45) is 0 Å². The minimum absolute atomic E-state index is 0.107. The molecule has 0 bridgehead atoms. The molecule has 3 aromatic carbocycles. The zero-order chi connectivity index (χ0) is 28.3. The maximum Gasteiger partial charge on any atom is 0.319 e. The molecular formula is C28H31Cl2N3O5S. The normalized spacial score (nSPS) is 14.3. The molecule has 1 heterocycles. The van der Waals surface area contributed by atoms with Crippen molar-refractivity contribution in [1.29, 1.82) is 0 Å². The lowest BCUT2D eigenvalue weighted by Gasteiger charge is -2.25. The van der Waals surface area contributed by atoms with Gasteiger partial charge in [0.2, 0.25) is 0 Å². The summed E-state index contributed by atoms with van der Waals surface area (Å²) < 4.78 is 37.0. The van der Waals surface area contributed by atoms with Crippen molar-refractivity contribution in [3.8, 4) is 11.5 Å². The Morgan fingerprint density at radius 1 is 1.00 bits per heavy atom. The molecule has 2 N–H and O–H groups in total. The van der Waals surface area contributed by atoms with E-state index in [2.05, 4.69) is 22.6 Å². The Hall–Kier alpha value is -2.98. The Morgan fingerprint density at radius 2 is 1.74 bits per heavy atom. The highest BCUT2D eigenvalue weighted by atomic mass is 35.5. The summed E-state index contributed by atoms with van der Waals surface area (Å²) in [6.07, 6.45) is 0.895. The molecule has 0 spiro atoms. The lowest BCUT2D eigenvalue weighted by Crippen LogP contribution is -2.31. The van der Waals surface area contributed by atoms with Crippen LogP contribution in [0.4, 0.5) is 10.5 Å². The summed E-state index contributed by atoms with van der Waals surface area (Å²) in [6.45, 7) is 3.57. The second-order valence-electron chi connectivity index (χ2n) is 9.52. The van der Waals surface area contributed by atoms with Gasteiger partial charge in [0.05, 0.1) is 41.6 Å². The maximum atomic E-state index is 13.2. The van der Waals surface area contributed by atoms with E-state index in [9.17, 15) is 13.2 Å². The van der Waals surface area contributed by atoms with Crippen LogP contribution in [0.25, 0.3) is 0 Å². The molecule has 39 heavy (non-hydrogen) atoms. The van der Waals surface area contributed by atoms with Gasteiger partial charge in [-0.05, 0) is 60.8 Å². The number of halogens is 2. The van der Waals surface area contributed by atoms with Gasteiger partial charge in [-0.2, -0.15) is 0 Å². The molecule has 8 nitrogen and oxygen atoms in total. The smallest absolute Gasteiger partial charge is 0.319 e. The Balaban J connectivity index is 1.46. The van der Waals surface area contributed by atoms with Crippen molar-refractivity contribution < 1.29 is 22.7 Å². The SMILES string of the molecule is COc1cc(S(=O)(=O)Cc2ccc3c(c2)CCN(C)C3)ccc1NC(=O)N[C@H](C)c1ccc(OC)c(Cl)c1Cl. The minimum Gasteiger partial charge on any atom is -0.495 e. The number of methoxy groups -OCH3 is 2. The van der Waals surface area contributed by atoms with Gasteiger partial charge in [-0.15, -0.1) is 0 Å². The number of sulfone groups is 1. The molecule has 4 rings (SSSR count). The molecule has 0 aromatic heterocycles. The highest BCUT2D eigenvalue weighted by molar-refractivity contribution is 7.90. The molecule has 0 unspecified atom stereocenters. The molecule has 1 aliphatic heterocycles. The van der Waals surface area contributed by atoms with Crippen molar-refractivity contribution in [1.82, 2.24) is 10.2 Å². The van der Waals surface area contributed by atoms with Crippen LogP contribution in [0.15, 0.2) is 53.4 Å². The van der Waals surface area contributed by atoms with Crippen LogP contribution in [-0.2, 0) is 28.6 Å². The average Bonchev–Trinajstić information content (AvgIpc) is 2.90. The third-order valence-electron chi connectivity index (χ3n) is 6.72. The van der Waals surface area contributed by atoms with Gasteiger partial charge in [0.25, 0.3) is 0 Å². The van der Waals surface area contributed by atoms with E-state index in [1.165, 1.54) is 43.5 Å². The molecule has 0 saturated carbocycles. The van der Waals surface area contributed by atoms with Crippen LogP contribution in [0.3, 0.4) is 0 Å². The van der Waals surface area contributed by atoms with Crippen LogP contribution in [0.2, 0.25) is 10.0 Å². The van der Waals surface area contributed by atoms with E-state index in [1.54, 1.807) is 19.1 Å². The van der Waals surface area contributed by atoms with Gasteiger partial charge in [-0.3, -0.25) is 0 Å². The van der Waals surface area contributed by atoms with Crippen LogP contribution in [0.5, 0.6) is 11.5 Å². The fraction of sp³-hybridized carbons (Fsp3) is 0.321. The number of ether oxygens (including phenoxy) is 2. The summed E-state index contributed by atoms with van der Waals surface area (Å²) in [5.74, 6) is 0.522. The largest absolute Gasteiger partial charge is 0.495 e. The average molecular weight is 593 g/mol. The monoisotopic (exact) mass is 591 g/mol. The van der Waals surface area contributed by atoms with E-state index >= 15 is 0 Å². The molecule has 1 aliphatic rings. The fourth-order valence-electron chi connectivity index (χ4n) is 4.58. The lowest BCUT2D eigenvalue weighted by molar-refractivity contribution is 0.249. The number of anilines is 1. The number of carbonyl (C=O) groups excluding carboxylic acids is 1. The molecule has 0 aliphatic carbocycles. The van der Waals surface area contributed by atoms with Gasteiger partial charge in [-0.1, -0.05) is 47.5 Å². The van der Waals surface area contributed by atoms with Gasteiger partial charge < -0.3 is 25.0 Å². The molecule has 11 heteroatoms. The Labute approximate surface area is 239 Å². The van der Waals surface area contributed by atoms with Crippen LogP contribution >= 0.6 is 23.2 Å². The van der Waals surface area contributed by atoms with E-state index in [-0.39, 0.29) is 26.4 Å². The minimum atomic E-state index is -3.65. The first kappa shape index (κ1) is 29.0. The maximum absolute atomic E-state index is 13.2. The van der Waals surface area contributed by atoms with Gasteiger partial charge >= 0.3 is 6.03 Å². The van der Waals surface area contributed by atoms with Gasteiger partial charge in [0.15, 0.2) is 9.84 Å². The molecule has 2 amide bonds. The number of nitrogens with one attached hydrogen (secondary N) is 2. The number of carbonyl (C=O) groups is 1. The van der Waals surface area contributed by atoms with E-state index in [0.29, 0.717) is 17.0 Å². The van der Waals surface area contributed by atoms with Crippen LogP contribution < -0.4 is 20.1 Å². The zero-order valence-electron chi connectivity index (χ0n) is 22.2. The number of hydrogen-bond acceptors (Lipinski definition) is 6. The number of likely N-dealkylation sites (N-methyl/N-ethyl adjacent to an activating group) is 1. The molecule has 208 valence electrons. The van der Waals surface area contributed by atoms with Crippen molar-refractivity contribution >= 4 is 44.8 Å². The van der Waals surface area contributed by atoms with E-state index in [0.717, 1.165) is 25.1 Å². The van der Waals surface area contributed by atoms with Gasteiger partial charge in [-0.25, -0.2) is 13.2 Å². The summed E-state index contributed by atoms with van der Waals surface area (Å²) in [7, 11) is 1.32. The zero-order valence-corrected chi connectivity index (χ0v) is 24.5. The van der Waals surface area contributed by atoms with Crippen LogP contribution in [0, 0.1) is 0 Å². The second-order valence-corrected chi connectivity index (χ2v) is 12.3. The predicted molar refractivity (Wildman–Crippen MR) is 154 cm³/mol. The molecular weight excluding hydrogens is 561 g/mol. The molecule has 0 radical (unpaired) electrons. The highest BCUT2D eigenvalue weighted by Gasteiger charge is 2.22. The Kier molecular flexibility index (Phi) is 8.96. The molecule has 1 atom stereocenters. The van der Waals surface area contributed by atoms with E-state index < -0.39 is 21.9 Å². The van der Waals surface area contributed by atoms with E-state index in [1.807, 2.05) is 18.2 Å². The second kappa shape index (κ2) is 12.0. The number of nitrogens with zero attached hydrogens (tertiary/aromatic N) is 1. The summed E-state index contributed by atoms with van der Waals surface area (Å²) in [4.78, 5) is 15.1. The molecule has 0 saturated heterocycles. The standard InChI is InChI=1S/C28H31Cl2N3O5S/c1-17(22-8-10-24(37-3)27(30)26(22)29)31-28(34)32-23-9-7-21(14-25(23)38-4)39(35,36)16-18-5-6-20-15-33(2)12-11-19(20)13-18/h5-10,13-14,17H,11-12,15-16H2,1-4H3,(H2,31,32,34)/t17-/m1/s1. The number of urea groups is 1. The van der Waals surface area contributed by atoms with Crippen molar-refractivity contribution in [3.63, 3.8) is 0 Å².